The molecule has 0 fully saturated rings. The normalized spacial score (nSPS) is 14.7. The molecule has 2 heterocycles. The topological polar surface area (TPSA) is 53.7 Å². The third-order valence-corrected chi connectivity index (χ3v) is 4.54. The average molecular weight is 480 g/mol. The molecule has 1 aliphatic rings. The molecule has 1 N–H and O–H groups in total. The smallest absolute Gasteiger partial charge is 0.194 e. The van der Waals surface area contributed by atoms with Crippen LogP contribution in [0.4, 0.5) is 0 Å². The minimum atomic E-state index is 0. The number of rotatable bonds is 5. The molecule has 2 aromatic rings. The molecule has 1 aromatic heterocycles. The molecule has 0 unspecified atom stereocenters. The predicted octanol–water partition coefficient (Wildman–Crippen LogP) is 4.67. The Morgan fingerprint density at radius 1 is 1.30 bits per heavy atom. The molecular weight excluding hydrogens is 451 g/mol. The third-order valence-electron chi connectivity index (χ3n) is 4.54. The van der Waals surface area contributed by atoms with Crippen LogP contribution in [0.1, 0.15) is 50.1 Å². The lowest BCUT2D eigenvalue weighted by molar-refractivity contribution is 0.374. The van der Waals surface area contributed by atoms with Gasteiger partial charge >= 0.3 is 0 Å². The summed E-state index contributed by atoms with van der Waals surface area (Å²) in [5, 5.41) is 7.50. The van der Waals surface area contributed by atoms with Crippen LogP contribution in [-0.2, 0) is 6.54 Å². The van der Waals surface area contributed by atoms with Crippen LogP contribution in [0.3, 0.4) is 0 Å². The number of guanidine groups is 1. The first-order chi connectivity index (χ1) is 12.7. The Bertz CT molecular complexity index is 767. The highest BCUT2D eigenvalue weighted by molar-refractivity contribution is 14.0. The van der Waals surface area contributed by atoms with E-state index in [1.807, 2.05) is 6.07 Å². The van der Waals surface area contributed by atoms with Crippen LogP contribution in [0.25, 0.3) is 5.57 Å². The van der Waals surface area contributed by atoms with Gasteiger partial charge in [0.2, 0.25) is 0 Å². The minimum absolute atomic E-state index is 0. The number of hydrogen-bond acceptors (Lipinski definition) is 3. The lowest BCUT2D eigenvalue weighted by atomic mass is 10.00. The quantitative estimate of drug-likeness (QED) is 0.384. The van der Waals surface area contributed by atoms with Crippen LogP contribution >= 0.6 is 24.0 Å². The van der Waals surface area contributed by atoms with Gasteiger partial charge in [-0.2, -0.15) is 0 Å². The van der Waals surface area contributed by atoms with Crippen molar-refractivity contribution in [2.75, 3.05) is 19.6 Å². The van der Waals surface area contributed by atoms with Gasteiger partial charge in [0.1, 0.15) is 6.54 Å². The van der Waals surface area contributed by atoms with Crippen LogP contribution < -0.4 is 5.32 Å². The summed E-state index contributed by atoms with van der Waals surface area (Å²) in [5.74, 6) is 2.10. The Kier molecular flexibility index (Phi) is 8.34. The lowest BCUT2D eigenvalue weighted by Crippen LogP contribution is -2.43. The largest absolute Gasteiger partial charge is 0.359 e. The van der Waals surface area contributed by atoms with Crippen molar-refractivity contribution >= 4 is 35.5 Å². The van der Waals surface area contributed by atoms with E-state index in [1.165, 1.54) is 11.1 Å². The number of aromatic nitrogens is 1. The van der Waals surface area contributed by atoms with Crippen molar-refractivity contribution < 1.29 is 4.52 Å². The van der Waals surface area contributed by atoms with Gasteiger partial charge < -0.3 is 14.7 Å². The first-order valence-electron chi connectivity index (χ1n) is 9.40. The Morgan fingerprint density at radius 3 is 2.67 bits per heavy atom. The fourth-order valence-corrected chi connectivity index (χ4v) is 3.03. The molecular formula is C21H29IN4O. The standard InChI is InChI=1S/C21H28N4O.HI/c1-4-22-21(23-15-19-14-20(16(2)3)24-26-19)25-12-10-18(11-13-25)17-8-6-5-7-9-17;/h5-10,14,16H,4,11-13,15H2,1-3H3,(H,22,23);1H. The monoisotopic (exact) mass is 480 g/mol. The molecule has 6 heteroatoms. The lowest BCUT2D eigenvalue weighted by Gasteiger charge is -2.29. The first kappa shape index (κ1) is 21.5. The molecule has 0 radical (unpaired) electrons. The van der Waals surface area contributed by atoms with Crippen molar-refractivity contribution in [3.8, 4) is 0 Å². The van der Waals surface area contributed by atoms with Crippen molar-refractivity contribution in [3.63, 3.8) is 0 Å². The molecule has 1 aliphatic heterocycles. The molecule has 5 nitrogen and oxygen atoms in total. The van der Waals surface area contributed by atoms with E-state index in [0.717, 1.165) is 43.5 Å². The second-order valence-electron chi connectivity index (χ2n) is 6.83. The zero-order valence-corrected chi connectivity index (χ0v) is 18.6. The SMILES string of the molecule is CCNC(=NCc1cc(C(C)C)no1)N1CC=C(c2ccccc2)CC1.I. The number of halogens is 1. The van der Waals surface area contributed by atoms with E-state index in [9.17, 15) is 0 Å². The molecule has 3 rings (SSSR count). The van der Waals surface area contributed by atoms with Crippen LogP contribution in [0.5, 0.6) is 0 Å². The van der Waals surface area contributed by atoms with E-state index in [4.69, 9.17) is 9.52 Å². The van der Waals surface area contributed by atoms with Gasteiger partial charge in [-0.1, -0.05) is 55.4 Å². The minimum Gasteiger partial charge on any atom is -0.359 e. The van der Waals surface area contributed by atoms with E-state index in [-0.39, 0.29) is 24.0 Å². The molecule has 1 aromatic carbocycles. The summed E-state index contributed by atoms with van der Waals surface area (Å²) in [6, 6.07) is 12.6. The highest BCUT2D eigenvalue weighted by Gasteiger charge is 2.16. The van der Waals surface area contributed by atoms with E-state index in [2.05, 4.69) is 72.6 Å². The maximum absolute atomic E-state index is 5.40. The van der Waals surface area contributed by atoms with Gasteiger partial charge in [-0.15, -0.1) is 24.0 Å². The second-order valence-corrected chi connectivity index (χ2v) is 6.83. The summed E-state index contributed by atoms with van der Waals surface area (Å²) in [4.78, 5) is 7.03. The molecule has 0 amide bonds. The van der Waals surface area contributed by atoms with Gasteiger partial charge in [-0.05, 0) is 30.4 Å². The fraction of sp³-hybridized carbons (Fsp3) is 0.429. The number of hydrogen-bond donors (Lipinski definition) is 1. The highest BCUT2D eigenvalue weighted by atomic mass is 127. The molecule has 0 aliphatic carbocycles. The van der Waals surface area contributed by atoms with E-state index in [0.29, 0.717) is 12.5 Å². The number of benzene rings is 1. The third kappa shape index (κ3) is 5.82. The molecule has 27 heavy (non-hydrogen) atoms. The summed E-state index contributed by atoms with van der Waals surface area (Å²) in [6.45, 7) is 9.49. The van der Waals surface area contributed by atoms with E-state index >= 15 is 0 Å². The molecule has 0 saturated heterocycles. The van der Waals surface area contributed by atoms with Gasteiger partial charge in [0, 0.05) is 25.7 Å². The number of aliphatic imine (C=N–C) groups is 1. The van der Waals surface area contributed by atoms with Crippen LogP contribution in [-0.4, -0.2) is 35.7 Å². The van der Waals surface area contributed by atoms with Crippen molar-refractivity contribution in [2.24, 2.45) is 4.99 Å². The fourth-order valence-electron chi connectivity index (χ4n) is 3.03. The molecule has 0 atom stereocenters. The molecule has 0 bridgehead atoms. The Labute approximate surface area is 178 Å². The van der Waals surface area contributed by atoms with Crippen molar-refractivity contribution in [3.05, 3.63) is 59.5 Å². The predicted molar refractivity (Wildman–Crippen MR) is 121 cm³/mol. The molecule has 0 saturated carbocycles. The summed E-state index contributed by atoms with van der Waals surface area (Å²) >= 11 is 0. The second kappa shape index (κ2) is 10.5. The molecule has 0 spiro atoms. The Hall–Kier alpha value is -1.83. The Morgan fingerprint density at radius 2 is 2.07 bits per heavy atom. The average Bonchev–Trinajstić information content (AvgIpc) is 3.15. The van der Waals surface area contributed by atoms with Gasteiger partial charge in [0.25, 0.3) is 0 Å². The highest BCUT2D eigenvalue weighted by Crippen LogP contribution is 2.22. The van der Waals surface area contributed by atoms with Gasteiger partial charge in [-0.25, -0.2) is 4.99 Å². The zero-order chi connectivity index (χ0) is 18.4. The summed E-state index contributed by atoms with van der Waals surface area (Å²) in [6.07, 6.45) is 3.32. The maximum atomic E-state index is 5.40. The number of nitrogens with one attached hydrogen (secondary N) is 1. The summed E-state index contributed by atoms with van der Waals surface area (Å²) < 4.78 is 5.40. The zero-order valence-electron chi connectivity index (χ0n) is 16.3. The van der Waals surface area contributed by atoms with Crippen molar-refractivity contribution in [2.45, 2.75) is 39.7 Å². The number of nitrogens with zero attached hydrogens (tertiary/aromatic N) is 3. The summed E-state index contributed by atoms with van der Waals surface area (Å²) in [5.41, 5.74) is 3.71. The van der Waals surface area contributed by atoms with Crippen LogP contribution in [0.2, 0.25) is 0 Å². The van der Waals surface area contributed by atoms with Crippen molar-refractivity contribution in [1.82, 2.24) is 15.4 Å². The Balaban J connectivity index is 0.00000261. The van der Waals surface area contributed by atoms with Gasteiger partial charge in [-0.3, -0.25) is 0 Å². The van der Waals surface area contributed by atoms with E-state index in [1.54, 1.807) is 0 Å². The van der Waals surface area contributed by atoms with E-state index < -0.39 is 0 Å². The van der Waals surface area contributed by atoms with Gasteiger partial charge in [0.05, 0.1) is 5.69 Å². The summed E-state index contributed by atoms with van der Waals surface area (Å²) in [7, 11) is 0. The van der Waals surface area contributed by atoms with Gasteiger partial charge in [0.15, 0.2) is 11.7 Å². The van der Waals surface area contributed by atoms with Crippen LogP contribution in [0.15, 0.2) is 52.0 Å². The molecule has 146 valence electrons. The maximum Gasteiger partial charge on any atom is 0.194 e. The first-order valence-corrected chi connectivity index (χ1v) is 9.40. The van der Waals surface area contributed by atoms with Crippen LogP contribution in [0, 0.1) is 0 Å². The van der Waals surface area contributed by atoms with Crippen molar-refractivity contribution in [1.29, 1.82) is 0 Å².